The molecule has 0 spiro atoms. The smallest absolute Gasteiger partial charge is 0.308 e. The maximum absolute atomic E-state index is 12.3. The van der Waals surface area contributed by atoms with Crippen LogP contribution < -0.4 is 0 Å². The number of amides is 1. The Balaban J connectivity index is 1.56. The average Bonchev–Trinajstić information content (AvgIpc) is 2.78. The predicted octanol–water partition coefficient (Wildman–Crippen LogP) is 2.52. The fourth-order valence-corrected chi connectivity index (χ4v) is 6.29. The van der Waals surface area contributed by atoms with Gasteiger partial charge in [0.05, 0.1) is 5.92 Å². The summed E-state index contributed by atoms with van der Waals surface area (Å²) in [6.45, 7) is 2.62. The van der Waals surface area contributed by atoms with Gasteiger partial charge in [-0.2, -0.15) is 0 Å². The van der Waals surface area contributed by atoms with Crippen molar-refractivity contribution in [2.45, 2.75) is 57.9 Å². The summed E-state index contributed by atoms with van der Waals surface area (Å²) in [6, 6.07) is 0.225. The van der Waals surface area contributed by atoms with E-state index in [1.165, 1.54) is 38.5 Å². The second-order valence-corrected chi connectivity index (χ2v) is 8.24. The molecule has 21 heavy (non-hydrogen) atoms. The number of carboxylic acid groups (broad SMARTS) is 1. The Morgan fingerprint density at radius 2 is 1.71 bits per heavy atom. The summed E-state index contributed by atoms with van der Waals surface area (Å²) in [5, 5.41) is 9.19. The number of hydrogen-bond acceptors (Lipinski definition) is 2. The zero-order valence-corrected chi connectivity index (χ0v) is 12.8. The molecule has 4 nitrogen and oxygen atoms in total. The van der Waals surface area contributed by atoms with E-state index in [4.69, 9.17) is 0 Å². The molecule has 1 N–H and O–H groups in total. The lowest BCUT2D eigenvalue weighted by Crippen LogP contribution is -2.56. The van der Waals surface area contributed by atoms with Gasteiger partial charge >= 0.3 is 5.97 Å². The van der Waals surface area contributed by atoms with Crippen molar-refractivity contribution in [3.8, 4) is 0 Å². The zero-order chi connectivity index (χ0) is 14.8. The highest BCUT2D eigenvalue weighted by atomic mass is 16.4. The molecule has 1 saturated heterocycles. The normalized spacial score (nSPS) is 46.1. The molecule has 5 fully saturated rings. The molecule has 0 aromatic heterocycles. The first-order valence-electron chi connectivity index (χ1n) is 8.49. The summed E-state index contributed by atoms with van der Waals surface area (Å²) < 4.78 is 0. The third-order valence-corrected chi connectivity index (χ3v) is 6.95. The number of carboxylic acids is 1. The highest BCUT2D eigenvalue weighted by molar-refractivity contribution is 5.86. The summed E-state index contributed by atoms with van der Waals surface area (Å²) in [5.74, 6) is 1.35. The van der Waals surface area contributed by atoms with Crippen molar-refractivity contribution in [3.63, 3.8) is 0 Å². The lowest BCUT2D eigenvalue weighted by molar-refractivity contribution is -0.141. The number of carbonyl (C=O) groups excluding carboxylic acids is 1. The first-order valence-corrected chi connectivity index (χ1v) is 8.49. The van der Waals surface area contributed by atoms with E-state index < -0.39 is 11.9 Å². The Morgan fingerprint density at radius 3 is 2.14 bits per heavy atom. The minimum Gasteiger partial charge on any atom is -0.481 e. The Morgan fingerprint density at radius 1 is 1.19 bits per heavy atom. The van der Waals surface area contributed by atoms with Crippen molar-refractivity contribution in [2.75, 3.05) is 6.54 Å². The number of likely N-dealkylation sites (tertiary alicyclic amines) is 1. The molecule has 4 saturated carbocycles. The summed E-state index contributed by atoms with van der Waals surface area (Å²) >= 11 is 0. The van der Waals surface area contributed by atoms with Crippen LogP contribution >= 0.6 is 0 Å². The van der Waals surface area contributed by atoms with Gasteiger partial charge in [-0.05, 0) is 68.6 Å². The number of hydrogen-bond donors (Lipinski definition) is 1. The number of rotatable bonds is 3. The van der Waals surface area contributed by atoms with Crippen LogP contribution in [0.3, 0.4) is 0 Å². The van der Waals surface area contributed by atoms with Crippen molar-refractivity contribution in [1.29, 1.82) is 0 Å². The van der Waals surface area contributed by atoms with E-state index in [0.717, 1.165) is 17.8 Å². The van der Waals surface area contributed by atoms with E-state index in [-0.39, 0.29) is 23.8 Å². The molecule has 0 radical (unpaired) electrons. The van der Waals surface area contributed by atoms with E-state index in [0.29, 0.717) is 6.54 Å². The second-order valence-electron chi connectivity index (χ2n) is 8.24. The molecule has 0 unspecified atom stereocenters. The Labute approximate surface area is 125 Å². The van der Waals surface area contributed by atoms with E-state index >= 15 is 0 Å². The van der Waals surface area contributed by atoms with Crippen LogP contribution in [0, 0.1) is 29.1 Å². The van der Waals surface area contributed by atoms with Gasteiger partial charge in [-0.15, -0.1) is 0 Å². The lowest BCUT2D eigenvalue weighted by Gasteiger charge is -2.60. The third kappa shape index (κ3) is 2.01. The largest absolute Gasteiger partial charge is 0.481 e. The van der Waals surface area contributed by atoms with E-state index in [9.17, 15) is 14.7 Å². The van der Waals surface area contributed by atoms with Crippen LogP contribution in [0.1, 0.15) is 51.9 Å². The SMILES string of the molecule is C[C@H](N1C[C@H](C(=O)O)CC1=O)C12CC3CC(CC(C3)C1)C2. The second kappa shape index (κ2) is 4.47. The Hall–Kier alpha value is -1.06. The molecule has 1 aliphatic heterocycles. The van der Waals surface area contributed by atoms with E-state index in [1.807, 2.05) is 4.90 Å². The Bertz CT molecular complexity index is 451. The molecule has 116 valence electrons. The molecule has 1 amide bonds. The molecular formula is C17H25NO3. The molecule has 4 bridgehead atoms. The van der Waals surface area contributed by atoms with Crippen LogP contribution in [0.4, 0.5) is 0 Å². The molecule has 5 aliphatic rings. The van der Waals surface area contributed by atoms with Crippen LogP contribution in [0.5, 0.6) is 0 Å². The van der Waals surface area contributed by atoms with Crippen LogP contribution in [0.2, 0.25) is 0 Å². The highest BCUT2D eigenvalue weighted by Crippen LogP contribution is 2.62. The fraction of sp³-hybridized carbons (Fsp3) is 0.882. The molecule has 2 atom stereocenters. The topological polar surface area (TPSA) is 57.6 Å². The standard InChI is InChI=1S/C17H25NO3/c1-10(18-9-14(16(20)21)5-15(18)19)17-6-11-2-12(7-17)4-13(3-11)8-17/h10-14H,2-9H2,1H3,(H,20,21)/t10-,11?,12?,13?,14+,17?/m0/s1. The van der Waals surface area contributed by atoms with Crippen LogP contribution in [-0.2, 0) is 9.59 Å². The van der Waals surface area contributed by atoms with Crippen molar-refractivity contribution in [1.82, 2.24) is 4.90 Å². The van der Waals surface area contributed by atoms with Crippen LogP contribution in [-0.4, -0.2) is 34.5 Å². The van der Waals surface area contributed by atoms with Crippen molar-refractivity contribution >= 4 is 11.9 Å². The van der Waals surface area contributed by atoms with Gasteiger partial charge in [-0.1, -0.05) is 0 Å². The third-order valence-electron chi connectivity index (χ3n) is 6.95. The van der Waals surface area contributed by atoms with Gasteiger partial charge in [0, 0.05) is 19.0 Å². The number of carbonyl (C=O) groups is 2. The van der Waals surface area contributed by atoms with Gasteiger partial charge in [0.15, 0.2) is 0 Å². The molecular weight excluding hydrogens is 266 g/mol. The van der Waals surface area contributed by atoms with Gasteiger partial charge in [0.1, 0.15) is 0 Å². The minimum absolute atomic E-state index is 0.0608. The maximum atomic E-state index is 12.3. The first kappa shape index (κ1) is 13.6. The van der Waals surface area contributed by atoms with Gasteiger partial charge < -0.3 is 10.0 Å². The summed E-state index contributed by atoms with van der Waals surface area (Å²) in [5.41, 5.74) is 0.289. The summed E-state index contributed by atoms with van der Waals surface area (Å²) in [7, 11) is 0. The monoisotopic (exact) mass is 291 g/mol. The molecule has 0 aromatic rings. The van der Waals surface area contributed by atoms with Gasteiger partial charge in [0.2, 0.25) is 5.91 Å². The quantitative estimate of drug-likeness (QED) is 0.869. The Kier molecular flexibility index (Phi) is 2.89. The van der Waals surface area contributed by atoms with Gasteiger partial charge in [0.25, 0.3) is 0 Å². The zero-order valence-electron chi connectivity index (χ0n) is 12.8. The predicted molar refractivity (Wildman–Crippen MR) is 77.5 cm³/mol. The van der Waals surface area contributed by atoms with E-state index in [2.05, 4.69) is 6.92 Å². The molecule has 4 aliphatic carbocycles. The number of nitrogens with zero attached hydrogens (tertiary/aromatic N) is 1. The molecule has 5 rings (SSSR count). The van der Waals surface area contributed by atoms with Gasteiger partial charge in [-0.3, -0.25) is 9.59 Å². The number of aliphatic carboxylic acids is 1. The minimum atomic E-state index is -0.816. The van der Waals surface area contributed by atoms with Crippen LogP contribution in [0.15, 0.2) is 0 Å². The summed E-state index contributed by atoms with van der Waals surface area (Å²) in [6.07, 6.45) is 8.20. The molecule has 1 heterocycles. The van der Waals surface area contributed by atoms with Crippen molar-refractivity contribution in [2.24, 2.45) is 29.1 Å². The van der Waals surface area contributed by atoms with Crippen molar-refractivity contribution in [3.05, 3.63) is 0 Å². The van der Waals surface area contributed by atoms with E-state index in [1.54, 1.807) is 0 Å². The maximum Gasteiger partial charge on any atom is 0.308 e. The lowest BCUT2D eigenvalue weighted by atomic mass is 9.47. The van der Waals surface area contributed by atoms with Gasteiger partial charge in [-0.25, -0.2) is 0 Å². The summed E-state index contributed by atoms with van der Waals surface area (Å²) in [4.78, 5) is 25.4. The van der Waals surface area contributed by atoms with Crippen molar-refractivity contribution < 1.29 is 14.7 Å². The molecule has 0 aromatic carbocycles. The molecule has 4 heteroatoms. The average molecular weight is 291 g/mol. The first-order chi connectivity index (χ1) is 9.97. The highest BCUT2D eigenvalue weighted by Gasteiger charge is 2.55. The van der Waals surface area contributed by atoms with Crippen LogP contribution in [0.25, 0.3) is 0 Å². The fourth-order valence-electron chi connectivity index (χ4n) is 6.29.